The second-order valence-corrected chi connectivity index (χ2v) is 9.02. The zero-order chi connectivity index (χ0) is 21.3. The molecule has 156 valence electrons. The summed E-state index contributed by atoms with van der Waals surface area (Å²) in [7, 11) is 1.96. The predicted octanol–water partition coefficient (Wildman–Crippen LogP) is 6.64. The molecule has 1 aliphatic rings. The van der Waals surface area contributed by atoms with E-state index >= 15 is 0 Å². The Kier molecular flexibility index (Phi) is 6.00. The van der Waals surface area contributed by atoms with Gasteiger partial charge in [0.1, 0.15) is 5.75 Å². The second-order valence-electron chi connectivity index (χ2n) is 7.46. The minimum atomic E-state index is -0.126. The van der Waals surface area contributed by atoms with Crippen molar-refractivity contribution in [3.63, 3.8) is 0 Å². The summed E-state index contributed by atoms with van der Waals surface area (Å²) in [5.74, 6) is 1.46. The zero-order valence-corrected chi connectivity index (χ0v) is 19.4. The SMILES string of the molecule is CCN(C)/C=N\c1cc(C)c(Oc2nc(C3(c4ccc(Cl)cc4)CC3)ns2)cc1Cl. The molecule has 0 aliphatic heterocycles. The summed E-state index contributed by atoms with van der Waals surface area (Å²) in [5.41, 5.74) is 2.70. The molecule has 0 saturated heterocycles. The van der Waals surface area contributed by atoms with Crippen LogP contribution in [0.3, 0.4) is 0 Å². The van der Waals surface area contributed by atoms with Gasteiger partial charge in [0.2, 0.25) is 0 Å². The first kappa shape index (κ1) is 21.1. The van der Waals surface area contributed by atoms with E-state index in [1.807, 2.05) is 37.1 Å². The number of ether oxygens (including phenoxy) is 1. The minimum absolute atomic E-state index is 0.126. The van der Waals surface area contributed by atoms with Crippen molar-refractivity contribution in [2.75, 3.05) is 13.6 Å². The van der Waals surface area contributed by atoms with E-state index in [9.17, 15) is 0 Å². The molecule has 1 aromatic heterocycles. The Bertz CT molecular complexity index is 1080. The highest BCUT2D eigenvalue weighted by Crippen LogP contribution is 2.53. The van der Waals surface area contributed by atoms with E-state index in [2.05, 4.69) is 33.4 Å². The lowest BCUT2D eigenvalue weighted by molar-refractivity contribution is 0.472. The highest BCUT2D eigenvalue weighted by molar-refractivity contribution is 7.07. The first-order valence-corrected chi connectivity index (χ1v) is 11.3. The monoisotopic (exact) mass is 460 g/mol. The molecule has 5 nitrogen and oxygen atoms in total. The predicted molar refractivity (Wildman–Crippen MR) is 124 cm³/mol. The van der Waals surface area contributed by atoms with Crippen LogP contribution in [0.25, 0.3) is 0 Å². The van der Waals surface area contributed by atoms with Crippen LogP contribution in [0.1, 0.15) is 36.7 Å². The summed E-state index contributed by atoms with van der Waals surface area (Å²) in [6.07, 6.45) is 3.81. The van der Waals surface area contributed by atoms with E-state index in [1.165, 1.54) is 17.1 Å². The molecule has 1 aliphatic carbocycles. The third-order valence-electron chi connectivity index (χ3n) is 5.32. The fourth-order valence-corrected chi connectivity index (χ4v) is 4.14. The Morgan fingerprint density at radius 3 is 2.63 bits per heavy atom. The van der Waals surface area contributed by atoms with Crippen molar-refractivity contribution in [3.8, 4) is 10.9 Å². The van der Waals surface area contributed by atoms with Gasteiger partial charge in [0.15, 0.2) is 5.82 Å². The van der Waals surface area contributed by atoms with Gasteiger partial charge >= 0.3 is 0 Å². The summed E-state index contributed by atoms with van der Waals surface area (Å²) in [6.45, 7) is 4.90. The number of halogens is 2. The quantitative estimate of drug-likeness (QED) is 0.293. The lowest BCUT2D eigenvalue weighted by atomic mass is 9.95. The van der Waals surface area contributed by atoms with Crippen molar-refractivity contribution in [3.05, 3.63) is 63.4 Å². The third-order valence-corrected chi connectivity index (χ3v) is 6.47. The zero-order valence-electron chi connectivity index (χ0n) is 17.0. The van der Waals surface area contributed by atoms with Crippen LogP contribution in [-0.2, 0) is 5.41 Å². The maximum atomic E-state index is 6.42. The number of hydrogen-bond acceptors (Lipinski definition) is 5. The molecule has 30 heavy (non-hydrogen) atoms. The van der Waals surface area contributed by atoms with Crippen molar-refractivity contribution in [2.24, 2.45) is 4.99 Å². The van der Waals surface area contributed by atoms with Crippen molar-refractivity contribution in [1.29, 1.82) is 0 Å². The molecule has 8 heteroatoms. The van der Waals surface area contributed by atoms with Gasteiger partial charge < -0.3 is 9.64 Å². The summed E-state index contributed by atoms with van der Waals surface area (Å²) in [6, 6.07) is 11.6. The van der Waals surface area contributed by atoms with Crippen LogP contribution in [0.2, 0.25) is 10.0 Å². The topological polar surface area (TPSA) is 50.6 Å². The number of aryl methyl sites for hydroxylation is 1. The van der Waals surface area contributed by atoms with Crippen molar-refractivity contribution in [1.82, 2.24) is 14.3 Å². The molecule has 1 heterocycles. The highest BCUT2D eigenvalue weighted by Gasteiger charge is 2.49. The molecule has 1 saturated carbocycles. The Balaban J connectivity index is 1.53. The standard InChI is InChI=1S/C22H22Cl2N4OS/c1-4-28(3)13-25-18-11-14(2)19(12-17(18)24)29-21-26-20(27-30-21)22(9-10-22)15-5-7-16(23)8-6-15/h5-8,11-13H,4,9-10H2,1-3H3/b25-13-. The van der Waals surface area contributed by atoms with Gasteiger partial charge in [0, 0.05) is 36.2 Å². The van der Waals surface area contributed by atoms with E-state index < -0.39 is 0 Å². The Hall–Kier alpha value is -2.15. The van der Waals surface area contributed by atoms with E-state index in [0.29, 0.717) is 21.7 Å². The molecular formula is C22H22Cl2N4OS. The summed E-state index contributed by atoms with van der Waals surface area (Å²) >= 11 is 13.7. The van der Waals surface area contributed by atoms with Crippen LogP contribution < -0.4 is 4.74 Å². The molecular weight excluding hydrogens is 439 g/mol. The van der Waals surface area contributed by atoms with Gasteiger partial charge in [0.05, 0.1) is 22.5 Å². The van der Waals surface area contributed by atoms with Gasteiger partial charge in [-0.2, -0.15) is 9.36 Å². The fourth-order valence-electron chi connectivity index (χ4n) is 3.17. The third kappa shape index (κ3) is 4.31. The molecule has 0 bridgehead atoms. The Morgan fingerprint density at radius 1 is 1.23 bits per heavy atom. The number of nitrogens with zero attached hydrogens (tertiary/aromatic N) is 4. The molecule has 0 spiro atoms. The van der Waals surface area contributed by atoms with E-state index in [4.69, 9.17) is 27.9 Å². The summed E-state index contributed by atoms with van der Waals surface area (Å²) < 4.78 is 10.6. The van der Waals surface area contributed by atoms with E-state index in [1.54, 1.807) is 12.4 Å². The van der Waals surface area contributed by atoms with Gasteiger partial charge in [-0.1, -0.05) is 35.3 Å². The van der Waals surface area contributed by atoms with Crippen LogP contribution in [0.5, 0.6) is 10.9 Å². The summed E-state index contributed by atoms with van der Waals surface area (Å²) in [4.78, 5) is 11.1. The van der Waals surface area contributed by atoms with Crippen molar-refractivity contribution >= 4 is 46.8 Å². The number of benzene rings is 2. The lowest BCUT2D eigenvalue weighted by Gasteiger charge is -2.12. The molecule has 2 aromatic carbocycles. The van der Waals surface area contributed by atoms with Gasteiger partial charge in [-0.15, -0.1) is 0 Å². The average Bonchev–Trinajstić information content (AvgIpc) is 3.41. The maximum Gasteiger partial charge on any atom is 0.298 e. The first-order chi connectivity index (χ1) is 14.4. The molecule has 3 aromatic rings. The molecule has 0 radical (unpaired) electrons. The molecule has 4 rings (SSSR count). The van der Waals surface area contributed by atoms with Crippen LogP contribution >= 0.6 is 34.7 Å². The van der Waals surface area contributed by atoms with Gasteiger partial charge in [-0.25, -0.2) is 4.99 Å². The maximum absolute atomic E-state index is 6.42. The average molecular weight is 461 g/mol. The van der Waals surface area contributed by atoms with Crippen LogP contribution in [0.4, 0.5) is 5.69 Å². The Morgan fingerprint density at radius 2 is 1.97 bits per heavy atom. The molecule has 1 fully saturated rings. The van der Waals surface area contributed by atoms with Crippen LogP contribution in [-0.4, -0.2) is 34.2 Å². The number of aromatic nitrogens is 2. The summed E-state index contributed by atoms with van der Waals surface area (Å²) in [5, 5.41) is 1.76. The minimum Gasteiger partial charge on any atom is -0.430 e. The number of hydrogen-bond donors (Lipinski definition) is 0. The van der Waals surface area contributed by atoms with Crippen LogP contribution in [0, 0.1) is 6.92 Å². The number of aliphatic imine (C=N–C) groups is 1. The van der Waals surface area contributed by atoms with Crippen molar-refractivity contribution < 1.29 is 4.74 Å². The number of rotatable bonds is 7. The Labute approximate surface area is 190 Å². The van der Waals surface area contributed by atoms with Crippen LogP contribution in [0.15, 0.2) is 41.4 Å². The molecule has 0 N–H and O–H groups in total. The van der Waals surface area contributed by atoms with Crippen molar-refractivity contribution in [2.45, 2.75) is 32.1 Å². The first-order valence-electron chi connectivity index (χ1n) is 9.74. The molecule has 0 unspecified atom stereocenters. The largest absolute Gasteiger partial charge is 0.430 e. The molecule has 0 atom stereocenters. The smallest absolute Gasteiger partial charge is 0.298 e. The van der Waals surface area contributed by atoms with Gasteiger partial charge in [0.25, 0.3) is 5.19 Å². The van der Waals surface area contributed by atoms with E-state index in [0.717, 1.165) is 35.8 Å². The van der Waals surface area contributed by atoms with E-state index in [-0.39, 0.29) is 5.41 Å². The molecule has 0 amide bonds. The fraction of sp³-hybridized carbons (Fsp3) is 0.318. The van der Waals surface area contributed by atoms with Gasteiger partial charge in [-0.3, -0.25) is 0 Å². The highest BCUT2D eigenvalue weighted by atomic mass is 35.5. The normalized spacial score (nSPS) is 14.8. The van der Waals surface area contributed by atoms with Gasteiger partial charge in [-0.05, 0) is 56.0 Å². The lowest BCUT2D eigenvalue weighted by Crippen LogP contribution is -2.14. The second kappa shape index (κ2) is 8.53.